The second-order valence-electron chi connectivity index (χ2n) is 22.4. The van der Waals surface area contributed by atoms with Crippen molar-refractivity contribution in [2.45, 2.75) is 341 Å². The van der Waals surface area contributed by atoms with Gasteiger partial charge in [-0.25, -0.2) is 0 Å². The first-order chi connectivity index (χ1) is 34.1. The highest BCUT2D eigenvalue weighted by atomic mass is 16.6. The number of rotatable bonds is 54. The van der Waals surface area contributed by atoms with Crippen LogP contribution in [0.15, 0.2) is 12.2 Å². The first-order valence-electron chi connectivity index (χ1n) is 31.3. The Kier molecular flexibility index (Phi) is 50.3. The quantitative estimate of drug-likeness (QED) is 0.0358. The second-order valence-corrected chi connectivity index (χ2v) is 22.4. The maximum Gasteiger partial charge on any atom is 0.309 e. The number of cyclic esters (lactones) is 2. The molecule has 0 saturated carbocycles. The van der Waals surface area contributed by atoms with Gasteiger partial charge in [-0.05, 0) is 32.1 Å². The molecule has 0 bridgehead atoms. The number of carbonyl (C=O) groups is 2. The lowest BCUT2D eigenvalue weighted by Crippen LogP contribution is -2.40. The van der Waals surface area contributed by atoms with E-state index < -0.39 is 36.5 Å². The summed E-state index contributed by atoms with van der Waals surface area (Å²) in [7, 11) is 0. The van der Waals surface area contributed by atoms with Crippen molar-refractivity contribution in [2.24, 2.45) is 11.3 Å². The van der Waals surface area contributed by atoms with E-state index in [1.807, 2.05) is 0 Å². The zero-order valence-electron chi connectivity index (χ0n) is 46.4. The van der Waals surface area contributed by atoms with Gasteiger partial charge >= 0.3 is 11.9 Å². The molecule has 0 aliphatic carbocycles. The molecule has 0 spiro atoms. The van der Waals surface area contributed by atoms with Crippen molar-refractivity contribution in [3.05, 3.63) is 12.2 Å². The molecule has 0 aromatic rings. The zero-order chi connectivity index (χ0) is 49.7. The summed E-state index contributed by atoms with van der Waals surface area (Å²) >= 11 is 0. The molecule has 1 aliphatic heterocycles. The Balaban J connectivity index is 1.68. The highest BCUT2D eigenvalue weighted by Crippen LogP contribution is 2.25. The summed E-state index contributed by atoms with van der Waals surface area (Å²) in [6.07, 6.45) is 75.7. The van der Waals surface area contributed by atoms with Crippen LogP contribution in [0.5, 0.6) is 0 Å². The Morgan fingerprint density at radius 3 is 0.899 bits per heavy atom. The van der Waals surface area contributed by atoms with Crippen molar-refractivity contribution in [1.29, 1.82) is 0 Å². The highest BCUT2D eigenvalue weighted by Gasteiger charge is 2.36. The summed E-state index contributed by atoms with van der Waals surface area (Å²) in [5.74, 6) is -1.40. The van der Waals surface area contributed by atoms with Gasteiger partial charge in [0.2, 0.25) is 0 Å². The average Bonchev–Trinajstić information content (AvgIpc) is 3.41. The summed E-state index contributed by atoms with van der Waals surface area (Å²) in [5.41, 5.74) is -1.12. The fourth-order valence-electron chi connectivity index (χ4n) is 10.4. The van der Waals surface area contributed by atoms with E-state index in [9.17, 15) is 19.8 Å². The molecule has 1 heterocycles. The lowest BCUT2D eigenvalue weighted by atomic mass is 9.92. The third kappa shape index (κ3) is 45.0. The van der Waals surface area contributed by atoms with Crippen LogP contribution in [-0.2, 0) is 19.1 Å². The first kappa shape index (κ1) is 65.6. The van der Waals surface area contributed by atoms with Gasteiger partial charge < -0.3 is 19.7 Å². The van der Waals surface area contributed by atoms with Crippen molar-refractivity contribution < 1.29 is 29.3 Å². The Hall–Kier alpha value is -1.40. The number of aliphatic hydroxyl groups excluding tert-OH is 2. The predicted octanol–water partition coefficient (Wildman–Crippen LogP) is 19.5. The minimum atomic E-state index is -1.12. The molecular formula is C63H120O6. The topological polar surface area (TPSA) is 93.1 Å². The molecule has 1 rings (SSSR count). The molecule has 1 atom stereocenters. The van der Waals surface area contributed by atoms with Gasteiger partial charge in [0.05, 0.1) is 31.0 Å². The van der Waals surface area contributed by atoms with Crippen molar-refractivity contribution in [3.8, 4) is 0 Å². The monoisotopic (exact) mass is 973 g/mol. The molecule has 1 unspecified atom stereocenters. The molecule has 1 saturated heterocycles. The largest absolute Gasteiger partial charge is 0.465 e. The van der Waals surface area contributed by atoms with Crippen LogP contribution in [0.1, 0.15) is 341 Å². The number of unbranched alkanes of at least 4 members (excludes halogenated alkanes) is 48. The van der Waals surface area contributed by atoms with E-state index in [-0.39, 0.29) is 19.6 Å². The summed E-state index contributed by atoms with van der Waals surface area (Å²) in [4.78, 5) is 24.7. The lowest BCUT2D eigenvalue weighted by molar-refractivity contribution is -0.155. The third-order valence-corrected chi connectivity index (χ3v) is 15.5. The van der Waals surface area contributed by atoms with Gasteiger partial charge in [-0.2, -0.15) is 0 Å². The molecule has 6 nitrogen and oxygen atoms in total. The molecule has 69 heavy (non-hydrogen) atoms. The van der Waals surface area contributed by atoms with Gasteiger partial charge in [0.1, 0.15) is 13.2 Å². The average molecular weight is 974 g/mol. The first-order valence-corrected chi connectivity index (χ1v) is 31.3. The van der Waals surface area contributed by atoms with Gasteiger partial charge in [-0.15, -0.1) is 0 Å². The second kappa shape index (κ2) is 52.9. The van der Waals surface area contributed by atoms with Gasteiger partial charge in [-0.3, -0.25) is 9.59 Å². The van der Waals surface area contributed by atoms with Crippen LogP contribution < -0.4 is 0 Å². The van der Waals surface area contributed by atoms with Crippen molar-refractivity contribution >= 4 is 11.9 Å². The van der Waals surface area contributed by atoms with Crippen LogP contribution >= 0.6 is 0 Å². The molecular weight excluding hydrogens is 853 g/mol. The normalized spacial score (nSPS) is 15.4. The van der Waals surface area contributed by atoms with Crippen LogP contribution in [0.25, 0.3) is 0 Å². The van der Waals surface area contributed by atoms with Crippen LogP contribution in [-0.4, -0.2) is 48.6 Å². The number of esters is 2. The zero-order valence-corrected chi connectivity index (χ0v) is 46.4. The molecule has 0 aromatic heterocycles. The number of hydrogen-bond acceptors (Lipinski definition) is 6. The molecule has 0 radical (unpaired) electrons. The van der Waals surface area contributed by atoms with Gasteiger partial charge in [0, 0.05) is 0 Å². The van der Waals surface area contributed by atoms with Crippen LogP contribution in [0.4, 0.5) is 0 Å². The number of aliphatic hydroxyl groups is 2. The maximum atomic E-state index is 12.5. The van der Waals surface area contributed by atoms with E-state index in [1.165, 1.54) is 302 Å². The Morgan fingerprint density at radius 1 is 0.377 bits per heavy atom. The lowest BCUT2D eigenvalue weighted by Gasteiger charge is -2.27. The van der Waals surface area contributed by atoms with Gasteiger partial charge in [-0.1, -0.05) is 314 Å². The Bertz CT molecular complexity index is 1090. The van der Waals surface area contributed by atoms with Crippen LogP contribution in [0.3, 0.4) is 0 Å². The number of allylic oxidation sites excluding steroid dienone is 2. The highest BCUT2D eigenvalue weighted by molar-refractivity contribution is 5.80. The van der Waals surface area contributed by atoms with E-state index in [1.54, 1.807) is 0 Å². The summed E-state index contributed by atoms with van der Waals surface area (Å²) in [6, 6.07) is 0. The van der Waals surface area contributed by atoms with Gasteiger partial charge in [0.15, 0.2) is 0 Å². The fourth-order valence-corrected chi connectivity index (χ4v) is 10.4. The third-order valence-electron chi connectivity index (χ3n) is 15.5. The molecule has 408 valence electrons. The number of ether oxygens (including phenoxy) is 2. The standard InChI is InChI=1S/C63H120O6/c1-2-3-4-5-6-7-8-9-10-11-12-13-14-15-16-17-18-19-20-21-22-23-24-25-26-27-28-29-30-31-32-33-34-35-36-37-38-39-40-41-42-43-44-45-46-47-48-49-50-51-52-53-54-60-55-61(66)68-58-63(56-64,57-65)59-69-62(60)67/h17-18,60,64-65H,2-16,19-59H2,1H3/b18-17+. The van der Waals surface area contributed by atoms with E-state index in [4.69, 9.17) is 9.47 Å². The van der Waals surface area contributed by atoms with Gasteiger partial charge in [0.25, 0.3) is 0 Å². The summed E-state index contributed by atoms with van der Waals surface area (Å²) < 4.78 is 10.6. The predicted molar refractivity (Wildman–Crippen MR) is 297 cm³/mol. The maximum absolute atomic E-state index is 12.5. The Labute approximate surface area is 430 Å². The van der Waals surface area contributed by atoms with E-state index >= 15 is 0 Å². The van der Waals surface area contributed by atoms with E-state index in [2.05, 4.69) is 19.1 Å². The van der Waals surface area contributed by atoms with Crippen LogP contribution in [0, 0.1) is 11.3 Å². The molecule has 2 N–H and O–H groups in total. The molecule has 0 amide bonds. The molecule has 1 aliphatic rings. The number of carbonyl (C=O) groups excluding carboxylic acids is 2. The Morgan fingerprint density at radius 2 is 0.623 bits per heavy atom. The van der Waals surface area contributed by atoms with E-state index in [0.29, 0.717) is 6.42 Å². The molecule has 1 fully saturated rings. The number of hydrogen-bond donors (Lipinski definition) is 2. The SMILES string of the molecule is CCCCCCCCCCCCCCCC/C=C/CCCCCCCCCCCCCCCCCCCCCCCCCCCCCCCCCCCCC1CC(=O)OCC(CO)(CO)COC1=O. The summed E-state index contributed by atoms with van der Waals surface area (Å²) in [5, 5.41) is 19.2. The molecule has 6 heteroatoms. The van der Waals surface area contributed by atoms with Crippen molar-refractivity contribution in [3.63, 3.8) is 0 Å². The minimum Gasteiger partial charge on any atom is -0.465 e. The fraction of sp³-hybridized carbons (Fsp3) is 0.937. The van der Waals surface area contributed by atoms with Crippen molar-refractivity contribution in [1.82, 2.24) is 0 Å². The molecule has 0 aromatic carbocycles. The smallest absolute Gasteiger partial charge is 0.309 e. The van der Waals surface area contributed by atoms with Crippen molar-refractivity contribution in [2.75, 3.05) is 26.4 Å². The van der Waals surface area contributed by atoms with E-state index in [0.717, 1.165) is 19.3 Å². The summed E-state index contributed by atoms with van der Waals surface area (Å²) in [6.45, 7) is 1.21. The van der Waals surface area contributed by atoms with Crippen LogP contribution in [0.2, 0.25) is 0 Å². The minimum absolute atomic E-state index is 0.00492.